The number of nitrogens with zero attached hydrogens (tertiary/aromatic N) is 3. The van der Waals surface area contributed by atoms with Crippen molar-refractivity contribution in [3.63, 3.8) is 0 Å². The molecule has 1 amide bonds. The van der Waals surface area contributed by atoms with Crippen LogP contribution in [0, 0.1) is 0 Å². The predicted molar refractivity (Wildman–Crippen MR) is 54.9 cm³/mol. The highest BCUT2D eigenvalue weighted by Crippen LogP contribution is 2.08. The fourth-order valence-electron chi connectivity index (χ4n) is 1.15. The first-order valence-corrected chi connectivity index (χ1v) is 4.63. The molecule has 1 aromatic heterocycles. The molecule has 6 heteroatoms. The van der Waals surface area contributed by atoms with Gasteiger partial charge in [-0.05, 0) is 0 Å². The summed E-state index contributed by atoms with van der Waals surface area (Å²) in [6.45, 7) is 0.0257. The highest BCUT2D eigenvalue weighted by atomic mass is 16.3. The zero-order valence-electron chi connectivity index (χ0n) is 8.92. The van der Waals surface area contributed by atoms with Gasteiger partial charge in [0.15, 0.2) is 0 Å². The third-order valence-corrected chi connectivity index (χ3v) is 2.13. The van der Waals surface area contributed by atoms with Gasteiger partial charge in [-0.2, -0.15) is 0 Å². The Morgan fingerprint density at radius 3 is 2.93 bits per heavy atom. The van der Waals surface area contributed by atoms with Crippen LogP contribution in [0.15, 0.2) is 12.5 Å². The molecule has 0 saturated heterocycles. The summed E-state index contributed by atoms with van der Waals surface area (Å²) in [4.78, 5) is 16.8. The molecule has 0 spiro atoms. The van der Waals surface area contributed by atoms with Gasteiger partial charge in [0.1, 0.15) is 6.54 Å². The number of aliphatic hydroxyl groups is 1. The maximum Gasteiger partial charge on any atom is 0.242 e. The van der Waals surface area contributed by atoms with Gasteiger partial charge in [0, 0.05) is 20.3 Å². The average Bonchev–Trinajstić information content (AvgIpc) is 2.64. The maximum atomic E-state index is 11.4. The van der Waals surface area contributed by atoms with E-state index in [9.17, 15) is 4.79 Å². The van der Waals surface area contributed by atoms with Gasteiger partial charge < -0.3 is 20.3 Å². The summed E-state index contributed by atoms with van der Waals surface area (Å²) in [6, 6.07) is -0.498. The minimum atomic E-state index is -0.498. The Hall–Kier alpha value is -1.40. The number of likely N-dealkylation sites (N-methyl/N-ethyl adjacent to an activating group) is 1. The van der Waals surface area contributed by atoms with Gasteiger partial charge >= 0.3 is 0 Å². The van der Waals surface area contributed by atoms with Gasteiger partial charge in [0.25, 0.3) is 0 Å². The van der Waals surface area contributed by atoms with Crippen molar-refractivity contribution in [3.05, 3.63) is 18.2 Å². The van der Waals surface area contributed by atoms with Crippen molar-refractivity contribution >= 4 is 5.91 Å². The number of aliphatic hydroxyl groups excluding tert-OH is 1. The number of rotatable bonds is 4. The topological polar surface area (TPSA) is 84.4 Å². The summed E-state index contributed by atoms with van der Waals surface area (Å²) in [7, 11) is 3.37. The smallest absolute Gasteiger partial charge is 0.242 e. The minimum Gasteiger partial charge on any atom is -0.394 e. The van der Waals surface area contributed by atoms with Crippen LogP contribution in [0.4, 0.5) is 0 Å². The Balaban J connectivity index is 2.77. The number of carbonyl (C=O) groups excluding carboxylic acids is 1. The third-order valence-electron chi connectivity index (χ3n) is 2.13. The molecule has 3 N–H and O–H groups in total. The number of aromatic nitrogens is 2. The van der Waals surface area contributed by atoms with E-state index in [1.54, 1.807) is 24.9 Å². The van der Waals surface area contributed by atoms with Crippen LogP contribution in [0.2, 0.25) is 0 Å². The largest absolute Gasteiger partial charge is 0.394 e. The average molecular weight is 212 g/mol. The van der Waals surface area contributed by atoms with Crippen LogP contribution in [-0.4, -0.2) is 46.2 Å². The number of hydrogen-bond acceptors (Lipinski definition) is 4. The first kappa shape index (κ1) is 11.7. The second-order valence-electron chi connectivity index (χ2n) is 3.52. The van der Waals surface area contributed by atoms with E-state index in [1.807, 2.05) is 0 Å². The lowest BCUT2D eigenvalue weighted by atomic mass is 10.2. The Bertz CT molecular complexity index is 335. The SMILES string of the molecule is CN(C)C(=O)Cn1cncc1C(N)CO. The molecule has 84 valence electrons. The number of carbonyl (C=O) groups is 1. The van der Waals surface area contributed by atoms with Gasteiger partial charge in [0.2, 0.25) is 5.91 Å². The molecule has 15 heavy (non-hydrogen) atoms. The molecule has 1 aromatic rings. The van der Waals surface area contributed by atoms with E-state index in [0.29, 0.717) is 5.69 Å². The molecule has 0 aliphatic rings. The van der Waals surface area contributed by atoms with E-state index >= 15 is 0 Å². The van der Waals surface area contributed by atoms with Crippen molar-refractivity contribution < 1.29 is 9.90 Å². The molecule has 0 aliphatic carbocycles. The summed E-state index contributed by atoms with van der Waals surface area (Å²) in [5.74, 6) is -0.0422. The summed E-state index contributed by atoms with van der Waals surface area (Å²) >= 11 is 0. The first-order chi connectivity index (χ1) is 7.06. The lowest BCUT2D eigenvalue weighted by Gasteiger charge is -2.14. The Kier molecular flexibility index (Phi) is 3.81. The Morgan fingerprint density at radius 2 is 2.40 bits per heavy atom. The quantitative estimate of drug-likeness (QED) is 0.668. The summed E-state index contributed by atoms with van der Waals surface area (Å²) in [6.07, 6.45) is 3.09. The molecule has 0 aliphatic heterocycles. The first-order valence-electron chi connectivity index (χ1n) is 4.63. The normalized spacial score (nSPS) is 12.5. The van der Waals surface area contributed by atoms with Crippen LogP contribution in [0.5, 0.6) is 0 Å². The summed E-state index contributed by atoms with van der Waals surface area (Å²) in [5, 5.41) is 8.91. The fraction of sp³-hybridized carbons (Fsp3) is 0.556. The van der Waals surface area contributed by atoms with Crippen molar-refractivity contribution in [2.75, 3.05) is 20.7 Å². The predicted octanol–water partition coefficient (Wildman–Crippen LogP) is -1.04. The van der Waals surface area contributed by atoms with Crippen molar-refractivity contribution in [1.82, 2.24) is 14.5 Å². The second-order valence-corrected chi connectivity index (χ2v) is 3.52. The lowest BCUT2D eigenvalue weighted by Crippen LogP contribution is -2.28. The van der Waals surface area contributed by atoms with Crippen LogP contribution < -0.4 is 5.73 Å². The highest BCUT2D eigenvalue weighted by molar-refractivity contribution is 5.75. The number of imidazole rings is 1. The molecule has 0 saturated carbocycles. The minimum absolute atomic E-state index is 0.0422. The molecule has 6 nitrogen and oxygen atoms in total. The van der Waals surface area contributed by atoms with Crippen molar-refractivity contribution in [2.45, 2.75) is 12.6 Å². The Morgan fingerprint density at radius 1 is 1.73 bits per heavy atom. The van der Waals surface area contributed by atoms with Crippen molar-refractivity contribution in [3.8, 4) is 0 Å². The van der Waals surface area contributed by atoms with Crippen LogP contribution in [0.1, 0.15) is 11.7 Å². The van der Waals surface area contributed by atoms with Gasteiger partial charge in [-0.15, -0.1) is 0 Å². The van der Waals surface area contributed by atoms with Gasteiger partial charge in [-0.1, -0.05) is 0 Å². The van der Waals surface area contributed by atoms with E-state index in [-0.39, 0.29) is 19.1 Å². The second kappa shape index (κ2) is 4.90. The van der Waals surface area contributed by atoms with E-state index in [0.717, 1.165) is 0 Å². The van der Waals surface area contributed by atoms with Crippen LogP contribution >= 0.6 is 0 Å². The van der Waals surface area contributed by atoms with E-state index in [4.69, 9.17) is 10.8 Å². The highest BCUT2D eigenvalue weighted by Gasteiger charge is 2.13. The van der Waals surface area contributed by atoms with Gasteiger partial charge in [-0.3, -0.25) is 4.79 Å². The lowest BCUT2D eigenvalue weighted by molar-refractivity contribution is -0.129. The van der Waals surface area contributed by atoms with E-state index in [1.165, 1.54) is 11.2 Å². The molecule has 0 aromatic carbocycles. The molecule has 1 rings (SSSR count). The van der Waals surface area contributed by atoms with E-state index in [2.05, 4.69) is 4.98 Å². The Labute approximate surface area is 88.3 Å². The third kappa shape index (κ3) is 2.77. The van der Waals surface area contributed by atoms with E-state index < -0.39 is 6.04 Å². The number of hydrogen-bond donors (Lipinski definition) is 2. The molecular formula is C9H16N4O2. The molecule has 1 atom stereocenters. The number of amides is 1. The van der Waals surface area contributed by atoms with Crippen LogP contribution in [0.25, 0.3) is 0 Å². The maximum absolute atomic E-state index is 11.4. The van der Waals surface area contributed by atoms with Crippen LogP contribution in [0.3, 0.4) is 0 Å². The summed E-state index contributed by atoms with van der Waals surface area (Å²) < 4.78 is 1.64. The van der Waals surface area contributed by atoms with Crippen molar-refractivity contribution in [2.24, 2.45) is 5.73 Å². The van der Waals surface area contributed by atoms with Gasteiger partial charge in [-0.25, -0.2) is 4.98 Å². The summed E-state index contributed by atoms with van der Waals surface area (Å²) in [5.41, 5.74) is 6.32. The standard InChI is InChI=1S/C9H16N4O2/c1-12(2)9(15)4-13-6-11-3-8(13)7(10)5-14/h3,6-7,14H,4-5,10H2,1-2H3. The zero-order chi connectivity index (χ0) is 11.4. The molecule has 1 unspecified atom stereocenters. The molecular weight excluding hydrogens is 196 g/mol. The fourth-order valence-corrected chi connectivity index (χ4v) is 1.15. The van der Waals surface area contributed by atoms with Crippen LogP contribution in [-0.2, 0) is 11.3 Å². The van der Waals surface area contributed by atoms with Gasteiger partial charge in [0.05, 0.1) is 24.7 Å². The molecule has 0 radical (unpaired) electrons. The molecule has 0 fully saturated rings. The molecule has 1 heterocycles. The van der Waals surface area contributed by atoms with Crippen molar-refractivity contribution in [1.29, 1.82) is 0 Å². The number of nitrogens with two attached hydrogens (primary N) is 1. The monoisotopic (exact) mass is 212 g/mol. The zero-order valence-corrected chi connectivity index (χ0v) is 8.92. The molecule has 0 bridgehead atoms.